The summed E-state index contributed by atoms with van der Waals surface area (Å²) >= 11 is 0. The fraction of sp³-hybridized carbons (Fsp3) is 0.381. The number of ketones is 1. The number of rotatable bonds is 3. The Hall–Kier alpha value is -3.56. The highest BCUT2D eigenvalue weighted by atomic mass is 19.1. The van der Waals surface area contributed by atoms with E-state index in [1.807, 2.05) is 0 Å². The molecule has 2 amide bonds. The molecule has 1 N–H and O–H groups in total. The van der Waals surface area contributed by atoms with Gasteiger partial charge in [-0.1, -0.05) is 0 Å². The van der Waals surface area contributed by atoms with E-state index in [0.717, 1.165) is 12.1 Å². The molecule has 10 heteroatoms. The van der Waals surface area contributed by atoms with E-state index >= 15 is 0 Å². The molecule has 0 saturated heterocycles. The predicted octanol–water partition coefficient (Wildman–Crippen LogP) is 4.32. The highest BCUT2D eigenvalue weighted by Crippen LogP contribution is 2.27. The molecule has 1 aromatic heterocycles. The minimum absolute atomic E-state index is 0.144. The fourth-order valence-electron chi connectivity index (χ4n) is 2.52. The second-order valence-electron chi connectivity index (χ2n) is 8.62. The van der Waals surface area contributed by atoms with Gasteiger partial charge in [-0.15, -0.1) is 0 Å². The van der Waals surface area contributed by atoms with Crippen LogP contribution in [0.1, 0.15) is 51.9 Å². The summed E-state index contributed by atoms with van der Waals surface area (Å²) in [5, 5.41) is 9.12. The molecule has 9 nitrogen and oxygen atoms in total. The summed E-state index contributed by atoms with van der Waals surface area (Å²) < 4.78 is 24.8. The van der Waals surface area contributed by atoms with Crippen molar-refractivity contribution in [2.45, 2.75) is 52.7 Å². The van der Waals surface area contributed by atoms with Crippen LogP contribution in [0, 0.1) is 5.82 Å². The Morgan fingerprint density at radius 3 is 1.94 bits per heavy atom. The van der Waals surface area contributed by atoms with Crippen molar-refractivity contribution in [3.05, 3.63) is 35.8 Å². The van der Waals surface area contributed by atoms with Crippen LogP contribution in [-0.2, 0) is 14.3 Å². The van der Waals surface area contributed by atoms with Crippen LogP contribution in [-0.4, -0.2) is 45.2 Å². The van der Waals surface area contributed by atoms with Gasteiger partial charge in [0, 0.05) is 17.0 Å². The molecule has 0 aliphatic carbocycles. The molecule has 2 aromatic rings. The standard InChI is InChI=1S/C21H23FN2O7/c1-20(2,3)30-18(28)24(19(29)31-21(4,5)6)14-9-12-11(10-23-14)7-8-13(22)15(12)16(25)17(26)27/h7-10H,1-6H3,(H,26,27). The smallest absolute Gasteiger partial charge is 0.425 e. The lowest BCUT2D eigenvalue weighted by atomic mass is 10.0. The number of carboxylic acids is 1. The second kappa shape index (κ2) is 8.29. The molecule has 2 rings (SSSR count). The average molecular weight is 434 g/mol. The Kier molecular flexibility index (Phi) is 6.34. The lowest BCUT2D eigenvalue weighted by molar-refractivity contribution is -0.131. The van der Waals surface area contributed by atoms with Crippen LogP contribution in [0.15, 0.2) is 24.4 Å². The van der Waals surface area contributed by atoms with E-state index in [1.165, 1.54) is 12.3 Å². The molecule has 31 heavy (non-hydrogen) atoms. The molecule has 0 aliphatic heterocycles. The number of hydrogen-bond donors (Lipinski definition) is 1. The Morgan fingerprint density at radius 1 is 0.968 bits per heavy atom. The normalized spacial score (nSPS) is 11.7. The number of carboxylic acid groups (broad SMARTS) is 1. The molecule has 0 saturated carbocycles. The highest BCUT2D eigenvalue weighted by molar-refractivity contribution is 6.42. The molecule has 0 bridgehead atoms. The number of imide groups is 1. The summed E-state index contributed by atoms with van der Waals surface area (Å²) in [7, 11) is 0. The van der Waals surface area contributed by atoms with Gasteiger partial charge >= 0.3 is 18.2 Å². The van der Waals surface area contributed by atoms with E-state index in [0.29, 0.717) is 4.90 Å². The van der Waals surface area contributed by atoms with Crippen molar-refractivity contribution in [1.29, 1.82) is 0 Å². The minimum atomic E-state index is -1.86. The molecule has 1 heterocycles. The van der Waals surface area contributed by atoms with Crippen LogP contribution in [0.5, 0.6) is 0 Å². The zero-order chi connectivity index (χ0) is 23.7. The third-order valence-electron chi connectivity index (χ3n) is 3.64. The predicted molar refractivity (Wildman–Crippen MR) is 109 cm³/mol. The molecule has 0 atom stereocenters. The molecule has 0 fully saturated rings. The van der Waals surface area contributed by atoms with Gasteiger partial charge in [-0.25, -0.2) is 23.8 Å². The van der Waals surface area contributed by atoms with Crippen molar-refractivity contribution in [3.8, 4) is 0 Å². The number of Topliss-reactive ketones (excluding diaryl/α,β-unsaturated/α-hetero) is 1. The number of carbonyl (C=O) groups excluding carboxylic acids is 3. The lowest BCUT2D eigenvalue weighted by Crippen LogP contribution is -2.44. The van der Waals surface area contributed by atoms with Gasteiger partial charge in [-0.3, -0.25) is 4.79 Å². The maximum Gasteiger partial charge on any atom is 0.425 e. The molecule has 0 unspecified atom stereocenters. The van der Waals surface area contributed by atoms with E-state index < -0.39 is 46.5 Å². The van der Waals surface area contributed by atoms with Gasteiger partial charge in [0.25, 0.3) is 5.78 Å². The number of halogens is 1. The van der Waals surface area contributed by atoms with E-state index in [9.17, 15) is 23.6 Å². The van der Waals surface area contributed by atoms with Gasteiger partial charge in [0.2, 0.25) is 0 Å². The topological polar surface area (TPSA) is 123 Å². The Bertz CT molecular complexity index is 1040. The number of aromatic nitrogens is 1. The number of aliphatic carboxylic acids is 1. The largest absolute Gasteiger partial charge is 0.475 e. The van der Waals surface area contributed by atoms with Gasteiger partial charge in [0.1, 0.15) is 22.8 Å². The highest BCUT2D eigenvalue weighted by Gasteiger charge is 2.34. The number of anilines is 1. The van der Waals surface area contributed by atoms with Crippen molar-refractivity contribution in [2.24, 2.45) is 0 Å². The van der Waals surface area contributed by atoms with Crippen molar-refractivity contribution >= 4 is 40.5 Å². The molecule has 0 spiro atoms. The van der Waals surface area contributed by atoms with Crippen LogP contribution < -0.4 is 4.90 Å². The number of nitrogens with zero attached hydrogens (tertiary/aromatic N) is 2. The number of hydrogen-bond acceptors (Lipinski definition) is 7. The van der Waals surface area contributed by atoms with Crippen molar-refractivity contribution in [2.75, 3.05) is 4.90 Å². The number of ether oxygens (including phenoxy) is 2. The Morgan fingerprint density at radius 2 is 1.48 bits per heavy atom. The summed E-state index contributed by atoms with van der Waals surface area (Å²) in [6, 6.07) is 3.27. The summed E-state index contributed by atoms with van der Waals surface area (Å²) in [6.07, 6.45) is -1.06. The van der Waals surface area contributed by atoms with Gasteiger partial charge in [0.15, 0.2) is 0 Å². The Balaban J connectivity index is 2.70. The third kappa shape index (κ3) is 5.74. The van der Waals surface area contributed by atoms with Crippen LogP contribution in [0.2, 0.25) is 0 Å². The summed E-state index contributed by atoms with van der Waals surface area (Å²) in [5.74, 6) is -4.75. The quantitative estimate of drug-likeness (QED) is 0.560. The first-order chi connectivity index (χ1) is 14.1. The second-order valence-corrected chi connectivity index (χ2v) is 8.62. The van der Waals surface area contributed by atoms with Gasteiger partial charge in [0.05, 0.1) is 5.56 Å². The van der Waals surface area contributed by atoms with Crippen molar-refractivity contribution in [3.63, 3.8) is 0 Å². The molecular weight excluding hydrogens is 411 g/mol. The first-order valence-corrected chi connectivity index (χ1v) is 9.22. The SMILES string of the molecule is CC(C)(C)OC(=O)N(C(=O)OC(C)(C)C)c1cc2c(C(=O)C(=O)O)c(F)ccc2cn1. The van der Waals surface area contributed by atoms with Crippen LogP contribution >= 0.6 is 0 Å². The molecule has 1 aromatic carbocycles. The number of carbonyl (C=O) groups is 4. The summed E-state index contributed by atoms with van der Waals surface area (Å²) in [6.45, 7) is 9.53. The Labute approximate surface area is 177 Å². The average Bonchev–Trinajstić information content (AvgIpc) is 2.57. The van der Waals surface area contributed by atoms with Gasteiger partial charge < -0.3 is 14.6 Å². The third-order valence-corrected chi connectivity index (χ3v) is 3.64. The van der Waals surface area contributed by atoms with E-state index in [2.05, 4.69) is 4.98 Å². The first kappa shape index (κ1) is 23.7. The number of fused-ring (bicyclic) bond motifs is 1. The number of benzene rings is 1. The zero-order valence-electron chi connectivity index (χ0n) is 18.0. The minimum Gasteiger partial charge on any atom is -0.475 e. The van der Waals surface area contributed by atoms with E-state index in [-0.39, 0.29) is 16.6 Å². The molecule has 0 radical (unpaired) electrons. The first-order valence-electron chi connectivity index (χ1n) is 9.22. The lowest BCUT2D eigenvalue weighted by Gasteiger charge is -2.28. The van der Waals surface area contributed by atoms with Crippen molar-refractivity contribution in [1.82, 2.24) is 4.98 Å². The molecule has 166 valence electrons. The van der Waals surface area contributed by atoms with Crippen LogP contribution in [0.3, 0.4) is 0 Å². The van der Waals surface area contributed by atoms with Crippen molar-refractivity contribution < 1.29 is 38.1 Å². The summed E-state index contributed by atoms with van der Waals surface area (Å²) in [5.41, 5.74) is -2.66. The van der Waals surface area contributed by atoms with E-state index in [4.69, 9.17) is 14.6 Å². The molecular formula is C21H23FN2O7. The number of pyridine rings is 1. The van der Waals surface area contributed by atoms with Gasteiger partial charge in [-0.05, 0) is 59.7 Å². The maximum atomic E-state index is 14.3. The monoisotopic (exact) mass is 434 g/mol. The molecule has 0 aliphatic rings. The van der Waals surface area contributed by atoms with Crippen LogP contribution in [0.25, 0.3) is 10.8 Å². The summed E-state index contributed by atoms with van der Waals surface area (Å²) in [4.78, 5) is 53.2. The van der Waals surface area contributed by atoms with Gasteiger partial charge in [-0.2, -0.15) is 4.90 Å². The maximum absolute atomic E-state index is 14.3. The van der Waals surface area contributed by atoms with Crippen LogP contribution in [0.4, 0.5) is 19.8 Å². The number of amides is 2. The van der Waals surface area contributed by atoms with E-state index in [1.54, 1.807) is 41.5 Å². The fourth-order valence-corrected chi connectivity index (χ4v) is 2.52. The zero-order valence-corrected chi connectivity index (χ0v) is 18.0.